The zero-order valence-electron chi connectivity index (χ0n) is 8.68. The van der Waals surface area contributed by atoms with Crippen molar-refractivity contribution in [3.63, 3.8) is 0 Å². The molecule has 0 atom stereocenters. The Morgan fingerprint density at radius 2 is 1.62 bits per heavy atom. The molecule has 1 aromatic carbocycles. The molecule has 0 aromatic heterocycles. The lowest BCUT2D eigenvalue weighted by Gasteiger charge is -2.07. The lowest BCUT2D eigenvalue weighted by molar-refractivity contribution is 0.0595. The molecule has 0 aliphatic carbocycles. The average Bonchev–Trinajstić information content (AvgIpc) is 2.30. The second kappa shape index (κ2) is 4.52. The fourth-order valence-electron chi connectivity index (χ4n) is 1.12. The normalized spacial score (nSPS) is 9.62. The van der Waals surface area contributed by atoms with E-state index in [1.165, 1.54) is 0 Å². The van der Waals surface area contributed by atoms with E-state index in [1.54, 1.807) is 0 Å². The van der Waals surface area contributed by atoms with E-state index in [2.05, 4.69) is 9.47 Å². The van der Waals surface area contributed by atoms with E-state index in [0.717, 1.165) is 26.4 Å². The predicted octanol–water partition coefficient (Wildman–Crippen LogP) is 0.671. The van der Waals surface area contributed by atoms with Crippen LogP contribution in [-0.2, 0) is 9.47 Å². The molecule has 6 nitrogen and oxygen atoms in total. The molecule has 86 valence electrons. The molecule has 2 N–H and O–H groups in total. The molecular formula is C10H10O6. The van der Waals surface area contributed by atoms with Crippen LogP contribution in [0.3, 0.4) is 0 Å². The van der Waals surface area contributed by atoms with Gasteiger partial charge in [-0.1, -0.05) is 0 Å². The van der Waals surface area contributed by atoms with Crippen LogP contribution < -0.4 is 0 Å². The highest BCUT2D eigenvalue weighted by Gasteiger charge is 2.19. The molecule has 0 saturated heterocycles. The van der Waals surface area contributed by atoms with Crippen molar-refractivity contribution in [3.05, 3.63) is 23.3 Å². The van der Waals surface area contributed by atoms with Gasteiger partial charge in [0.25, 0.3) is 0 Å². The lowest BCUT2D eigenvalue weighted by atomic mass is 10.1. The lowest BCUT2D eigenvalue weighted by Crippen LogP contribution is -2.06. The summed E-state index contributed by atoms with van der Waals surface area (Å²) in [7, 11) is 2.27. The number of methoxy groups -OCH3 is 2. The summed E-state index contributed by atoms with van der Waals surface area (Å²) in [6.07, 6.45) is 0. The second-order valence-corrected chi connectivity index (χ2v) is 2.87. The van der Waals surface area contributed by atoms with Gasteiger partial charge in [0.15, 0.2) is 11.5 Å². The van der Waals surface area contributed by atoms with E-state index < -0.39 is 23.4 Å². The third-order valence-corrected chi connectivity index (χ3v) is 1.92. The van der Waals surface area contributed by atoms with Gasteiger partial charge in [0.05, 0.1) is 19.8 Å². The molecule has 0 radical (unpaired) electrons. The number of aromatic hydroxyl groups is 2. The molecule has 0 spiro atoms. The average molecular weight is 226 g/mol. The Balaban J connectivity index is 3.33. The van der Waals surface area contributed by atoms with Crippen molar-refractivity contribution in [3.8, 4) is 11.5 Å². The summed E-state index contributed by atoms with van der Waals surface area (Å²) >= 11 is 0. The predicted molar refractivity (Wildman–Crippen MR) is 52.5 cm³/mol. The van der Waals surface area contributed by atoms with E-state index in [-0.39, 0.29) is 11.1 Å². The van der Waals surface area contributed by atoms with Crippen LogP contribution in [0.4, 0.5) is 0 Å². The second-order valence-electron chi connectivity index (χ2n) is 2.87. The van der Waals surface area contributed by atoms with Gasteiger partial charge in [0, 0.05) is 0 Å². The quantitative estimate of drug-likeness (QED) is 0.568. The Bertz CT molecular complexity index is 437. The maximum absolute atomic E-state index is 11.2. The van der Waals surface area contributed by atoms with Crippen molar-refractivity contribution in [1.29, 1.82) is 0 Å². The number of hydrogen-bond acceptors (Lipinski definition) is 6. The van der Waals surface area contributed by atoms with E-state index in [0.29, 0.717) is 0 Å². The Hall–Kier alpha value is -2.24. The number of carbonyl (C=O) groups is 2. The van der Waals surface area contributed by atoms with Crippen LogP contribution in [0.15, 0.2) is 12.1 Å². The fraction of sp³-hybridized carbons (Fsp3) is 0.200. The van der Waals surface area contributed by atoms with Crippen molar-refractivity contribution in [2.75, 3.05) is 14.2 Å². The van der Waals surface area contributed by atoms with Crippen LogP contribution in [0.25, 0.3) is 0 Å². The Morgan fingerprint density at radius 1 is 1.06 bits per heavy atom. The topological polar surface area (TPSA) is 93.1 Å². The van der Waals surface area contributed by atoms with E-state index in [1.807, 2.05) is 0 Å². The number of phenols is 2. The van der Waals surface area contributed by atoms with E-state index in [4.69, 9.17) is 0 Å². The van der Waals surface area contributed by atoms with Crippen molar-refractivity contribution in [2.24, 2.45) is 0 Å². The maximum atomic E-state index is 11.2. The number of phenolic OH excluding ortho intramolecular Hbond substituents is 2. The van der Waals surface area contributed by atoms with Crippen LogP contribution in [0.5, 0.6) is 11.5 Å². The molecule has 1 rings (SSSR count). The first-order valence-electron chi connectivity index (χ1n) is 4.23. The number of hydrogen-bond donors (Lipinski definition) is 2. The van der Waals surface area contributed by atoms with Gasteiger partial charge in [-0.2, -0.15) is 0 Å². The van der Waals surface area contributed by atoms with Crippen molar-refractivity contribution < 1.29 is 29.3 Å². The Morgan fingerprint density at radius 3 is 2.12 bits per heavy atom. The summed E-state index contributed by atoms with van der Waals surface area (Å²) in [5.41, 5.74) is -0.360. The molecule has 0 amide bonds. The highest BCUT2D eigenvalue weighted by molar-refractivity contribution is 5.98. The summed E-state index contributed by atoms with van der Waals surface area (Å²) in [6.45, 7) is 0. The SMILES string of the molecule is COC(=O)c1cc(O)c(O)c(C(=O)OC)c1. The largest absolute Gasteiger partial charge is 0.504 e. The van der Waals surface area contributed by atoms with Gasteiger partial charge < -0.3 is 19.7 Å². The Labute approximate surface area is 91.0 Å². The molecule has 0 bridgehead atoms. The van der Waals surface area contributed by atoms with Gasteiger partial charge in [0.1, 0.15) is 5.56 Å². The third-order valence-electron chi connectivity index (χ3n) is 1.92. The molecule has 0 aliphatic heterocycles. The van der Waals surface area contributed by atoms with E-state index >= 15 is 0 Å². The minimum Gasteiger partial charge on any atom is -0.504 e. The standard InChI is InChI=1S/C10H10O6/c1-15-9(13)5-3-6(10(14)16-2)8(12)7(11)4-5/h3-4,11-12H,1-2H3. The molecule has 0 aliphatic rings. The highest BCUT2D eigenvalue weighted by atomic mass is 16.5. The van der Waals surface area contributed by atoms with Crippen molar-refractivity contribution in [1.82, 2.24) is 0 Å². The summed E-state index contributed by atoms with van der Waals surface area (Å²) < 4.78 is 8.79. The first-order chi connectivity index (χ1) is 7.51. The van der Waals surface area contributed by atoms with Crippen LogP contribution >= 0.6 is 0 Å². The fourth-order valence-corrected chi connectivity index (χ4v) is 1.12. The first-order valence-corrected chi connectivity index (χ1v) is 4.23. The third kappa shape index (κ3) is 2.05. The molecule has 0 heterocycles. The molecule has 0 fully saturated rings. The van der Waals surface area contributed by atoms with E-state index in [9.17, 15) is 19.8 Å². The van der Waals surface area contributed by atoms with Gasteiger partial charge >= 0.3 is 11.9 Å². The molecule has 0 saturated carbocycles. The molecule has 1 aromatic rings. The zero-order valence-corrected chi connectivity index (χ0v) is 8.68. The summed E-state index contributed by atoms with van der Waals surface area (Å²) in [5, 5.41) is 18.7. The van der Waals surface area contributed by atoms with Gasteiger partial charge in [0.2, 0.25) is 0 Å². The number of carbonyl (C=O) groups excluding carboxylic acids is 2. The highest BCUT2D eigenvalue weighted by Crippen LogP contribution is 2.31. The number of ether oxygens (including phenoxy) is 2. The molecule has 0 unspecified atom stereocenters. The smallest absolute Gasteiger partial charge is 0.341 e. The van der Waals surface area contributed by atoms with Gasteiger partial charge in [-0.25, -0.2) is 9.59 Å². The molecule has 6 heteroatoms. The van der Waals surface area contributed by atoms with Crippen LogP contribution in [0.2, 0.25) is 0 Å². The van der Waals surface area contributed by atoms with Crippen LogP contribution in [0.1, 0.15) is 20.7 Å². The summed E-state index contributed by atoms with van der Waals surface area (Å²) in [6, 6.07) is 2.07. The Kier molecular flexibility index (Phi) is 3.34. The van der Waals surface area contributed by atoms with Crippen molar-refractivity contribution in [2.45, 2.75) is 0 Å². The monoisotopic (exact) mass is 226 g/mol. The first kappa shape index (κ1) is 11.8. The minimum absolute atomic E-state index is 0.0572. The maximum Gasteiger partial charge on any atom is 0.341 e. The number of rotatable bonds is 2. The minimum atomic E-state index is -0.862. The van der Waals surface area contributed by atoms with Crippen LogP contribution in [0, 0.1) is 0 Å². The van der Waals surface area contributed by atoms with Gasteiger partial charge in [-0.15, -0.1) is 0 Å². The number of benzene rings is 1. The summed E-state index contributed by atoms with van der Waals surface area (Å²) in [4.78, 5) is 22.4. The molecular weight excluding hydrogens is 216 g/mol. The molecule has 16 heavy (non-hydrogen) atoms. The van der Waals surface area contributed by atoms with Gasteiger partial charge in [-0.05, 0) is 12.1 Å². The van der Waals surface area contributed by atoms with Crippen LogP contribution in [-0.4, -0.2) is 36.4 Å². The van der Waals surface area contributed by atoms with Crippen molar-refractivity contribution >= 4 is 11.9 Å². The zero-order chi connectivity index (χ0) is 12.3. The van der Waals surface area contributed by atoms with Gasteiger partial charge in [-0.3, -0.25) is 0 Å². The summed E-state index contributed by atoms with van der Waals surface area (Å²) in [5.74, 6) is -2.83. The number of esters is 2.